The number of likely N-dealkylation sites (N-methyl/N-ethyl adjacent to an activating group) is 1. The summed E-state index contributed by atoms with van der Waals surface area (Å²) in [6, 6.07) is -1.50. The third-order valence-corrected chi connectivity index (χ3v) is 14.0. The Morgan fingerprint density at radius 2 is 1.70 bits per heavy atom. The molecule has 0 aromatic carbocycles. The van der Waals surface area contributed by atoms with E-state index >= 15 is 0 Å². The lowest BCUT2D eigenvalue weighted by atomic mass is 9.44. The van der Waals surface area contributed by atoms with Gasteiger partial charge in [-0.25, -0.2) is 0 Å². The summed E-state index contributed by atoms with van der Waals surface area (Å²) in [5.41, 5.74) is 12.8. The normalized spacial score (nSPS) is 39.5. The lowest BCUT2D eigenvalue weighted by Gasteiger charge is -2.61. The van der Waals surface area contributed by atoms with Crippen molar-refractivity contribution in [3.63, 3.8) is 0 Å². The van der Waals surface area contributed by atoms with Crippen molar-refractivity contribution >= 4 is 17.7 Å². The van der Waals surface area contributed by atoms with Gasteiger partial charge in [0.25, 0.3) is 0 Å². The second kappa shape index (κ2) is 14.0. The molecule has 0 spiro atoms. The number of nitrogens with two attached hydrogens (primary N) is 2. The highest BCUT2D eigenvalue weighted by atomic mass is 16.2. The lowest BCUT2D eigenvalue weighted by Crippen LogP contribution is -2.53. The molecule has 5 rings (SSSR count). The Balaban J connectivity index is 1.14. The van der Waals surface area contributed by atoms with E-state index in [1.807, 2.05) is 0 Å². The van der Waals surface area contributed by atoms with Crippen molar-refractivity contribution in [1.82, 2.24) is 15.5 Å². The quantitative estimate of drug-likeness (QED) is 0.250. The van der Waals surface area contributed by atoms with Crippen LogP contribution in [-0.2, 0) is 14.4 Å². The molecule has 6 N–H and O–H groups in total. The third kappa shape index (κ3) is 6.45. The van der Waals surface area contributed by atoms with Crippen molar-refractivity contribution in [3.05, 3.63) is 0 Å². The fourth-order valence-electron chi connectivity index (χ4n) is 11.6. The SMILES string of the molecule is CNC(=O)[C@@H]1C[C@H](NC(=O)CCC(C)[C@H]2CCC3C4CCC5CCCC[C@]5(C)C4CC[C@@]32C)CN1C(=O)C(N)CCCCN. The number of carbonyl (C=O) groups excluding carboxylic acids is 3. The first-order chi connectivity index (χ1) is 21.0. The van der Waals surface area contributed by atoms with Crippen molar-refractivity contribution in [2.45, 2.75) is 142 Å². The molecule has 11 atom stereocenters. The van der Waals surface area contributed by atoms with Crippen LogP contribution in [-0.4, -0.2) is 60.9 Å². The maximum atomic E-state index is 13.2. The minimum Gasteiger partial charge on any atom is -0.357 e. The molecule has 44 heavy (non-hydrogen) atoms. The van der Waals surface area contributed by atoms with E-state index in [0.29, 0.717) is 55.0 Å². The van der Waals surface area contributed by atoms with Crippen molar-refractivity contribution in [2.75, 3.05) is 20.1 Å². The number of likely N-dealkylation sites (tertiary alicyclic amines) is 1. The van der Waals surface area contributed by atoms with Gasteiger partial charge in [-0.05, 0) is 130 Å². The van der Waals surface area contributed by atoms with Gasteiger partial charge in [0.1, 0.15) is 6.04 Å². The molecule has 0 radical (unpaired) electrons. The molecule has 8 heteroatoms. The molecule has 5 aliphatic rings. The van der Waals surface area contributed by atoms with E-state index in [0.717, 1.165) is 42.9 Å². The summed E-state index contributed by atoms with van der Waals surface area (Å²) in [5.74, 6) is 4.47. The Kier molecular flexibility index (Phi) is 10.7. The van der Waals surface area contributed by atoms with Gasteiger partial charge in [-0.15, -0.1) is 0 Å². The molecule has 1 aliphatic heterocycles. The first-order valence-corrected chi connectivity index (χ1v) is 18.3. The van der Waals surface area contributed by atoms with Crippen LogP contribution in [0.1, 0.15) is 124 Å². The molecule has 6 unspecified atom stereocenters. The fourth-order valence-corrected chi connectivity index (χ4v) is 11.6. The first kappa shape index (κ1) is 33.7. The van der Waals surface area contributed by atoms with E-state index in [2.05, 4.69) is 31.4 Å². The second-order valence-corrected chi connectivity index (χ2v) is 16.2. The van der Waals surface area contributed by atoms with Crippen LogP contribution in [0.25, 0.3) is 0 Å². The molecule has 1 heterocycles. The number of hydrogen-bond donors (Lipinski definition) is 4. The number of nitrogens with zero attached hydrogens (tertiary/aromatic N) is 1. The molecule has 1 saturated heterocycles. The molecule has 0 aromatic heterocycles. The number of amides is 3. The maximum Gasteiger partial charge on any atom is 0.242 e. The van der Waals surface area contributed by atoms with Crippen molar-refractivity contribution < 1.29 is 14.4 Å². The number of rotatable bonds is 11. The average Bonchev–Trinajstić information content (AvgIpc) is 3.59. The van der Waals surface area contributed by atoms with Crippen molar-refractivity contribution in [3.8, 4) is 0 Å². The minimum absolute atomic E-state index is 0.0333. The van der Waals surface area contributed by atoms with Crippen LogP contribution < -0.4 is 22.1 Å². The largest absolute Gasteiger partial charge is 0.357 e. The maximum absolute atomic E-state index is 13.2. The van der Waals surface area contributed by atoms with Gasteiger partial charge in [0.2, 0.25) is 17.7 Å². The molecule has 4 aliphatic carbocycles. The van der Waals surface area contributed by atoms with E-state index in [4.69, 9.17) is 11.5 Å². The molecule has 0 bridgehead atoms. The van der Waals surface area contributed by atoms with Crippen LogP contribution in [0.3, 0.4) is 0 Å². The summed E-state index contributed by atoms with van der Waals surface area (Å²) < 4.78 is 0. The van der Waals surface area contributed by atoms with Gasteiger partial charge < -0.3 is 27.0 Å². The zero-order valence-corrected chi connectivity index (χ0v) is 28.3. The second-order valence-electron chi connectivity index (χ2n) is 16.2. The summed E-state index contributed by atoms with van der Waals surface area (Å²) in [5, 5.41) is 5.86. The van der Waals surface area contributed by atoms with Crippen LogP contribution in [0.15, 0.2) is 0 Å². The van der Waals surface area contributed by atoms with Gasteiger partial charge >= 0.3 is 0 Å². The number of fused-ring (bicyclic) bond motifs is 5. The van der Waals surface area contributed by atoms with E-state index in [1.54, 1.807) is 11.9 Å². The molecule has 250 valence electrons. The topological polar surface area (TPSA) is 131 Å². The smallest absolute Gasteiger partial charge is 0.242 e. The summed E-state index contributed by atoms with van der Waals surface area (Å²) in [6.45, 7) is 8.56. The molecular weight excluding hydrogens is 550 g/mol. The Labute approximate surface area is 267 Å². The molecule has 8 nitrogen and oxygen atoms in total. The van der Waals surface area contributed by atoms with E-state index in [9.17, 15) is 14.4 Å². The Hall–Kier alpha value is -1.67. The Morgan fingerprint density at radius 1 is 0.932 bits per heavy atom. The monoisotopic (exact) mass is 613 g/mol. The standard InChI is InChI=1S/C36H63N5O3/c1-23(27-14-15-28-26-13-12-24-9-5-7-18-35(24,2)29(26)17-19-36(27,28)3)11-16-32(42)40-25-21-31(33(43)39-4)41(22-25)34(44)30(38)10-6-8-20-37/h23-31H,5-22,37-38H2,1-4H3,(H,39,43)(H,40,42)/t23?,24?,25-,26?,27+,28?,29?,30?,31-,35-,36+/m0/s1. The van der Waals surface area contributed by atoms with Crippen LogP contribution >= 0.6 is 0 Å². The Morgan fingerprint density at radius 3 is 2.45 bits per heavy atom. The van der Waals surface area contributed by atoms with Gasteiger partial charge in [-0.2, -0.15) is 0 Å². The molecular formula is C36H63N5O3. The van der Waals surface area contributed by atoms with Crippen LogP contribution in [0, 0.1) is 46.3 Å². The number of nitrogens with one attached hydrogen (secondary N) is 2. The van der Waals surface area contributed by atoms with E-state index in [-0.39, 0.29) is 23.8 Å². The summed E-state index contributed by atoms with van der Waals surface area (Å²) in [4.78, 5) is 40.6. The summed E-state index contributed by atoms with van der Waals surface area (Å²) >= 11 is 0. The summed E-state index contributed by atoms with van der Waals surface area (Å²) in [6.07, 6.45) is 18.1. The zero-order chi connectivity index (χ0) is 31.6. The highest BCUT2D eigenvalue weighted by Crippen LogP contribution is 2.68. The number of hydrogen-bond acceptors (Lipinski definition) is 5. The van der Waals surface area contributed by atoms with Gasteiger partial charge in [-0.1, -0.05) is 40.0 Å². The zero-order valence-electron chi connectivity index (χ0n) is 28.3. The average molecular weight is 614 g/mol. The highest BCUT2D eigenvalue weighted by molar-refractivity contribution is 5.90. The predicted molar refractivity (Wildman–Crippen MR) is 175 cm³/mol. The first-order valence-electron chi connectivity index (χ1n) is 18.3. The molecule has 4 saturated carbocycles. The van der Waals surface area contributed by atoms with Crippen molar-refractivity contribution in [2.24, 2.45) is 57.8 Å². The molecule has 3 amide bonds. The lowest BCUT2D eigenvalue weighted by molar-refractivity contribution is -0.139. The van der Waals surface area contributed by atoms with E-state index < -0.39 is 12.1 Å². The number of carbonyl (C=O) groups is 3. The Bertz CT molecular complexity index is 1040. The van der Waals surface area contributed by atoms with Gasteiger partial charge in [0.15, 0.2) is 0 Å². The van der Waals surface area contributed by atoms with Crippen LogP contribution in [0.4, 0.5) is 0 Å². The van der Waals surface area contributed by atoms with Crippen LogP contribution in [0.5, 0.6) is 0 Å². The van der Waals surface area contributed by atoms with Gasteiger partial charge in [0, 0.05) is 26.1 Å². The minimum atomic E-state index is -0.656. The summed E-state index contributed by atoms with van der Waals surface area (Å²) in [7, 11) is 1.58. The van der Waals surface area contributed by atoms with Gasteiger partial charge in [-0.3, -0.25) is 14.4 Å². The van der Waals surface area contributed by atoms with Crippen molar-refractivity contribution in [1.29, 1.82) is 0 Å². The highest BCUT2D eigenvalue weighted by Gasteiger charge is 2.60. The van der Waals surface area contributed by atoms with Gasteiger partial charge in [0.05, 0.1) is 6.04 Å². The predicted octanol–water partition coefficient (Wildman–Crippen LogP) is 4.74. The molecule has 0 aromatic rings. The van der Waals surface area contributed by atoms with Crippen LogP contribution in [0.2, 0.25) is 0 Å². The number of unbranched alkanes of at least 4 members (excludes halogenated alkanes) is 1. The third-order valence-electron chi connectivity index (χ3n) is 14.0. The van der Waals surface area contributed by atoms with E-state index in [1.165, 1.54) is 64.2 Å². The fraction of sp³-hybridized carbons (Fsp3) is 0.917. The molecule has 5 fully saturated rings.